The van der Waals surface area contributed by atoms with E-state index in [4.69, 9.17) is 0 Å². The van der Waals surface area contributed by atoms with Crippen LogP contribution in [0.15, 0.2) is 17.7 Å². The maximum atomic E-state index is 3.26. The molecule has 0 amide bonds. The fourth-order valence-electron chi connectivity index (χ4n) is 0.891. The van der Waals surface area contributed by atoms with E-state index >= 15 is 0 Å². The second-order valence-corrected chi connectivity index (χ2v) is 2.06. The minimum atomic E-state index is 0. The number of hydrogen-bond donors (Lipinski definition) is 0. The van der Waals surface area contributed by atoms with Gasteiger partial charge < -0.3 is 0 Å². The minimum absolute atomic E-state index is 0. The molecule has 0 aromatic rings. The Morgan fingerprint density at radius 1 is 1.45 bits per heavy atom. The zero-order chi connectivity index (χ0) is 5.82. The Bertz CT molecular complexity index is 130. The summed E-state index contributed by atoms with van der Waals surface area (Å²) in [6.07, 6.45) is 11.1. The van der Waals surface area contributed by atoms with Crippen molar-refractivity contribution in [3.63, 3.8) is 0 Å². The van der Waals surface area contributed by atoms with Gasteiger partial charge >= 0.3 is 0 Å². The smallest absolute Gasteiger partial charge is 0 e. The molecule has 1 aliphatic rings. The van der Waals surface area contributed by atoms with Gasteiger partial charge in [0.1, 0.15) is 0 Å². The third kappa shape index (κ3) is 6.61. The molecule has 1 rings (SSSR count). The van der Waals surface area contributed by atoms with Gasteiger partial charge in [0.15, 0.2) is 0 Å². The first kappa shape index (κ1) is 17.3. The van der Waals surface area contributed by atoms with Crippen LogP contribution in [0.5, 0.6) is 0 Å². The van der Waals surface area contributed by atoms with Crippen LogP contribution in [0.2, 0.25) is 0 Å². The van der Waals surface area contributed by atoms with Crippen molar-refractivity contribution in [2.45, 2.75) is 26.2 Å². The molecule has 0 nitrogen and oxygen atoms in total. The van der Waals surface area contributed by atoms with Crippen molar-refractivity contribution in [3.8, 4) is 0 Å². The van der Waals surface area contributed by atoms with Gasteiger partial charge in [0, 0.05) is 26.2 Å². The van der Waals surface area contributed by atoms with E-state index in [0.717, 1.165) is 6.42 Å². The van der Waals surface area contributed by atoms with Crippen molar-refractivity contribution < 1.29 is 35.6 Å². The molecule has 64 valence electrons. The average molecular weight is 238 g/mol. The molecule has 0 unspecified atom stereocenters. The normalized spacial score (nSPS) is 12.3. The van der Waals surface area contributed by atoms with E-state index in [1.54, 1.807) is 0 Å². The molecule has 0 aromatic heterocycles. The average Bonchev–Trinajstić information content (AvgIpc) is 2.19. The standard InChI is InChI=1S/C8H11.2FH.Zr/c1-2-5-8-6-3-4-7-8;;;/h3,6H,2,4-5H2,1H3;2*1H;/q-1;;;. The van der Waals surface area contributed by atoms with Crippen molar-refractivity contribution in [2.24, 2.45) is 0 Å². The monoisotopic (exact) mass is 237 g/mol. The SMILES string of the molecule is CCCC1=[C-]CC=C1.F.F.[Zr]. The van der Waals surface area contributed by atoms with Crippen LogP contribution in [-0.2, 0) is 26.2 Å². The van der Waals surface area contributed by atoms with E-state index in [1.807, 2.05) is 0 Å². The summed E-state index contributed by atoms with van der Waals surface area (Å²) < 4.78 is 0. The van der Waals surface area contributed by atoms with Crippen LogP contribution < -0.4 is 0 Å². The number of allylic oxidation sites excluding steroid dienone is 4. The molecule has 0 saturated carbocycles. The van der Waals surface area contributed by atoms with Crippen molar-refractivity contribution in [1.82, 2.24) is 0 Å². The van der Waals surface area contributed by atoms with Gasteiger partial charge in [-0.1, -0.05) is 19.8 Å². The van der Waals surface area contributed by atoms with Crippen LogP contribution in [0, 0.1) is 6.08 Å². The minimum Gasteiger partial charge on any atom is -0.269 e. The first-order valence-electron chi connectivity index (χ1n) is 3.19. The predicted molar refractivity (Wildman–Crippen MR) is 40.4 cm³/mol. The fourth-order valence-corrected chi connectivity index (χ4v) is 0.891. The molecule has 0 heterocycles. The Hall–Kier alpha value is 0.223. The van der Waals surface area contributed by atoms with E-state index in [2.05, 4.69) is 25.2 Å². The molecular formula is C8H13F2Zr-. The van der Waals surface area contributed by atoms with Gasteiger partial charge in [-0.2, -0.15) is 6.08 Å². The summed E-state index contributed by atoms with van der Waals surface area (Å²) in [7, 11) is 0. The maximum absolute atomic E-state index is 3.26. The summed E-state index contributed by atoms with van der Waals surface area (Å²) in [5.74, 6) is 0. The Kier molecular flexibility index (Phi) is 16.1. The fraction of sp³-hybridized carbons (Fsp3) is 0.500. The van der Waals surface area contributed by atoms with Crippen LogP contribution in [0.25, 0.3) is 0 Å². The van der Waals surface area contributed by atoms with Crippen LogP contribution >= 0.6 is 0 Å². The van der Waals surface area contributed by atoms with Gasteiger partial charge in [-0.25, -0.2) is 11.6 Å². The number of hydrogen-bond acceptors (Lipinski definition) is 0. The van der Waals surface area contributed by atoms with Crippen molar-refractivity contribution >= 4 is 0 Å². The third-order valence-corrected chi connectivity index (χ3v) is 1.29. The summed E-state index contributed by atoms with van der Waals surface area (Å²) in [5.41, 5.74) is 1.40. The van der Waals surface area contributed by atoms with E-state index in [9.17, 15) is 0 Å². The van der Waals surface area contributed by atoms with Crippen LogP contribution in [0.1, 0.15) is 26.2 Å². The number of rotatable bonds is 2. The predicted octanol–water partition coefficient (Wildman–Crippen LogP) is 2.78. The first-order chi connectivity index (χ1) is 3.93. The molecule has 11 heavy (non-hydrogen) atoms. The quantitative estimate of drug-likeness (QED) is 0.649. The van der Waals surface area contributed by atoms with Crippen LogP contribution in [-0.4, -0.2) is 0 Å². The molecule has 0 bridgehead atoms. The summed E-state index contributed by atoms with van der Waals surface area (Å²) in [4.78, 5) is 0. The van der Waals surface area contributed by atoms with Crippen LogP contribution in [0.4, 0.5) is 9.41 Å². The molecule has 1 aliphatic carbocycles. The first-order valence-corrected chi connectivity index (χ1v) is 3.19. The second-order valence-electron chi connectivity index (χ2n) is 2.06. The Morgan fingerprint density at radius 3 is 2.45 bits per heavy atom. The summed E-state index contributed by atoms with van der Waals surface area (Å²) in [5, 5.41) is 0. The topological polar surface area (TPSA) is 0 Å². The van der Waals surface area contributed by atoms with Crippen molar-refractivity contribution in [1.29, 1.82) is 0 Å². The van der Waals surface area contributed by atoms with Crippen molar-refractivity contribution in [2.75, 3.05) is 0 Å². The molecule has 0 fully saturated rings. The maximum Gasteiger partial charge on any atom is 0 e. The van der Waals surface area contributed by atoms with E-state index in [1.165, 1.54) is 18.4 Å². The van der Waals surface area contributed by atoms with Gasteiger partial charge in [0.2, 0.25) is 0 Å². The van der Waals surface area contributed by atoms with Crippen molar-refractivity contribution in [3.05, 3.63) is 23.8 Å². The molecule has 0 saturated heterocycles. The Morgan fingerprint density at radius 2 is 2.09 bits per heavy atom. The van der Waals surface area contributed by atoms with E-state index in [-0.39, 0.29) is 35.6 Å². The molecule has 0 aliphatic heterocycles. The van der Waals surface area contributed by atoms with Gasteiger partial charge in [-0.3, -0.25) is 15.5 Å². The Balaban J connectivity index is -0.000000213. The summed E-state index contributed by atoms with van der Waals surface area (Å²) in [6, 6.07) is 0. The zero-order valence-corrected chi connectivity index (χ0v) is 9.05. The van der Waals surface area contributed by atoms with Gasteiger partial charge in [-0.15, -0.1) is 6.42 Å². The molecule has 0 radical (unpaired) electrons. The van der Waals surface area contributed by atoms with Crippen LogP contribution in [0.3, 0.4) is 0 Å². The molecule has 3 heteroatoms. The molecule has 0 aromatic carbocycles. The van der Waals surface area contributed by atoms with E-state index < -0.39 is 0 Å². The number of halogens is 2. The van der Waals surface area contributed by atoms with E-state index in [0.29, 0.717) is 0 Å². The van der Waals surface area contributed by atoms with Gasteiger partial charge in [0.25, 0.3) is 0 Å². The Labute approximate surface area is 85.6 Å². The summed E-state index contributed by atoms with van der Waals surface area (Å²) in [6.45, 7) is 2.20. The summed E-state index contributed by atoms with van der Waals surface area (Å²) >= 11 is 0. The molecule has 0 spiro atoms. The largest absolute Gasteiger partial charge is 0.269 e. The van der Waals surface area contributed by atoms with Gasteiger partial charge in [-0.05, 0) is 0 Å². The molecular weight excluding hydrogens is 225 g/mol. The molecule has 0 N–H and O–H groups in total. The molecule has 0 atom stereocenters. The van der Waals surface area contributed by atoms with Gasteiger partial charge in [0.05, 0.1) is 0 Å². The third-order valence-electron chi connectivity index (χ3n) is 1.29. The second kappa shape index (κ2) is 10.2. The zero-order valence-electron chi connectivity index (χ0n) is 6.59.